The quantitative estimate of drug-likeness (QED) is 0.859. The van der Waals surface area contributed by atoms with E-state index in [1.807, 2.05) is 12.1 Å². The summed E-state index contributed by atoms with van der Waals surface area (Å²) < 4.78 is 2.40. The molecule has 1 aliphatic rings. The number of rotatable bonds is 5. The van der Waals surface area contributed by atoms with Gasteiger partial charge in [0.25, 0.3) is 0 Å². The number of benzene rings is 1. The molecule has 1 aromatic carbocycles. The maximum Gasteiger partial charge on any atom is 0.109 e. The van der Waals surface area contributed by atoms with Gasteiger partial charge in [0.05, 0.1) is 11.0 Å². The molecule has 0 radical (unpaired) electrons. The predicted octanol–water partition coefficient (Wildman–Crippen LogP) is 3.06. The average Bonchev–Trinajstić information content (AvgIpc) is 2.83. The van der Waals surface area contributed by atoms with Crippen molar-refractivity contribution in [3.8, 4) is 0 Å². The molecule has 4 heteroatoms. The first kappa shape index (κ1) is 14.4. The van der Waals surface area contributed by atoms with Crippen LogP contribution in [0.1, 0.15) is 38.4 Å². The van der Waals surface area contributed by atoms with E-state index in [4.69, 9.17) is 10.7 Å². The van der Waals surface area contributed by atoms with E-state index < -0.39 is 0 Å². The normalized spacial score (nSPS) is 16.6. The van der Waals surface area contributed by atoms with Crippen LogP contribution in [0.15, 0.2) is 18.2 Å². The summed E-state index contributed by atoms with van der Waals surface area (Å²) in [7, 11) is 0. The smallest absolute Gasteiger partial charge is 0.109 e. The van der Waals surface area contributed by atoms with Crippen LogP contribution in [0.25, 0.3) is 11.0 Å². The van der Waals surface area contributed by atoms with E-state index in [2.05, 4.69) is 22.5 Å². The molecule has 114 valence electrons. The number of nitrogens with two attached hydrogens (primary N) is 1. The van der Waals surface area contributed by atoms with Crippen LogP contribution in [-0.4, -0.2) is 34.1 Å². The van der Waals surface area contributed by atoms with Crippen molar-refractivity contribution < 1.29 is 0 Å². The number of likely N-dealkylation sites (tertiary alicyclic amines) is 1. The highest BCUT2D eigenvalue weighted by molar-refractivity contribution is 5.79. The number of imidazole rings is 1. The first-order chi connectivity index (χ1) is 10.3. The molecule has 0 spiro atoms. The van der Waals surface area contributed by atoms with Crippen molar-refractivity contribution in [2.75, 3.05) is 25.4 Å². The summed E-state index contributed by atoms with van der Waals surface area (Å²) in [4.78, 5) is 7.38. The molecule has 0 bridgehead atoms. The van der Waals surface area contributed by atoms with Gasteiger partial charge in [-0.2, -0.15) is 0 Å². The first-order valence-electron chi connectivity index (χ1n) is 8.25. The Morgan fingerprint density at radius 3 is 2.71 bits per heavy atom. The number of hydrogen-bond donors (Lipinski definition) is 1. The highest BCUT2D eigenvalue weighted by Gasteiger charge is 2.13. The van der Waals surface area contributed by atoms with Gasteiger partial charge in [-0.3, -0.25) is 0 Å². The van der Waals surface area contributed by atoms with Crippen LogP contribution in [0.4, 0.5) is 5.69 Å². The highest BCUT2D eigenvalue weighted by Crippen LogP contribution is 2.20. The molecule has 0 amide bonds. The Bertz CT molecular complexity index is 596. The number of nitrogens with zero attached hydrogens (tertiary/aromatic N) is 3. The Hall–Kier alpha value is -1.55. The van der Waals surface area contributed by atoms with Gasteiger partial charge < -0.3 is 15.2 Å². The van der Waals surface area contributed by atoms with Gasteiger partial charge in [0.1, 0.15) is 5.82 Å². The van der Waals surface area contributed by atoms with Crippen LogP contribution in [0.3, 0.4) is 0 Å². The molecular weight excluding hydrogens is 260 g/mol. The second-order valence-electron chi connectivity index (χ2n) is 6.08. The largest absolute Gasteiger partial charge is 0.399 e. The Kier molecular flexibility index (Phi) is 4.44. The minimum absolute atomic E-state index is 0.797. The number of fused-ring (bicyclic) bond motifs is 1. The molecule has 21 heavy (non-hydrogen) atoms. The van der Waals surface area contributed by atoms with E-state index in [1.165, 1.54) is 43.7 Å². The van der Waals surface area contributed by atoms with E-state index in [9.17, 15) is 0 Å². The van der Waals surface area contributed by atoms with Gasteiger partial charge in [-0.1, -0.05) is 13.3 Å². The summed E-state index contributed by atoms with van der Waals surface area (Å²) in [6, 6.07) is 6.09. The van der Waals surface area contributed by atoms with Gasteiger partial charge in [0.15, 0.2) is 0 Å². The molecule has 1 saturated heterocycles. The van der Waals surface area contributed by atoms with Gasteiger partial charge in [-0.25, -0.2) is 4.98 Å². The molecule has 2 N–H and O–H groups in total. The van der Waals surface area contributed by atoms with Crippen LogP contribution < -0.4 is 5.73 Å². The van der Waals surface area contributed by atoms with Crippen LogP contribution in [0.2, 0.25) is 0 Å². The molecule has 0 aliphatic carbocycles. The molecule has 0 unspecified atom stereocenters. The van der Waals surface area contributed by atoms with E-state index in [0.717, 1.165) is 37.1 Å². The summed E-state index contributed by atoms with van der Waals surface area (Å²) >= 11 is 0. The third-order valence-electron chi connectivity index (χ3n) is 4.41. The molecule has 1 fully saturated rings. The molecular formula is C17H26N4. The molecule has 0 saturated carbocycles. The zero-order valence-electron chi connectivity index (χ0n) is 13.0. The molecule has 0 atom stereocenters. The second kappa shape index (κ2) is 6.48. The minimum Gasteiger partial charge on any atom is -0.399 e. The standard InChI is InChI=1S/C17H26N4/c1-2-6-17-19-15-13-14(18)7-8-16(15)21(17)12-11-20-9-4-3-5-10-20/h7-8,13H,2-6,9-12,18H2,1H3. The van der Waals surface area contributed by atoms with Crippen molar-refractivity contribution in [1.29, 1.82) is 0 Å². The summed E-state index contributed by atoms with van der Waals surface area (Å²) in [5.41, 5.74) is 8.95. The lowest BCUT2D eigenvalue weighted by Crippen LogP contribution is -2.32. The monoisotopic (exact) mass is 286 g/mol. The van der Waals surface area contributed by atoms with Gasteiger partial charge >= 0.3 is 0 Å². The average molecular weight is 286 g/mol. The third-order valence-corrected chi connectivity index (χ3v) is 4.41. The van der Waals surface area contributed by atoms with Crippen molar-refractivity contribution >= 4 is 16.7 Å². The summed E-state index contributed by atoms with van der Waals surface area (Å²) in [5, 5.41) is 0. The number of hydrogen-bond acceptors (Lipinski definition) is 3. The zero-order valence-corrected chi connectivity index (χ0v) is 13.0. The Morgan fingerprint density at radius 1 is 1.14 bits per heavy atom. The molecule has 1 aromatic heterocycles. The van der Waals surface area contributed by atoms with E-state index in [1.54, 1.807) is 0 Å². The van der Waals surface area contributed by atoms with Crippen molar-refractivity contribution in [1.82, 2.24) is 14.5 Å². The van der Waals surface area contributed by atoms with Gasteiger partial charge in [0.2, 0.25) is 0 Å². The predicted molar refractivity (Wildman–Crippen MR) is 88.4 cm³/mol. The van der Waals surface area contributed by atoms with Gasteiger partial charge in [-0.05, 0) is 50.6 Å². The highest BCUT2D eigenvalue weighted by atomic mass is 15.2. The Morgan fingerprint density at radius 2 is 1.95 bits per heavy atom. The summed E-state index contributed by atoms with van der Waals surface area (Å²) in [6.45, 7) is 6.89. The second-order valence-corrected chi connectivity index (χ2v) is 6.08. The summed E-state index contributed by atoms with van der Waals surface area (Å²) in [5.74, 6) is 1.20. The van der Waals surface area contributed by atoms with Crippen molar-refractivity contribution in [2.24, 2.45) is 0 Å². The van der Waals surface area contributed by atoms with E-state index in [0.29, 0.717) is 0 Å². The zero-order chi connectivity index (χ0) is 14.7. The van der Waals surface area contributed by atoms with Crippen molar-refractivity contribution in [3.05, 3.63) is 24.0 Å². The molecule has 1 aliphatic heterocycles. The van der Waals surface area contributed by atoms with Crippen molar-refractivity contribution in [2.45, 2.75) is 45.6 Å². The number of nitrogen functional groups attached to an aromatic ring is 1. The van der Waals surface area contributed by atoms with Crippen LogP contribution in [0.5, 0.6) is 0 Å². The third kappa shape index (κ3) is 3.21. The SMILES string of the molecule is CCCc1nc2cc(N)ccc2n1CCN1CCCCC1. The Balaban J connectivity index is 1.82. The number of aromatic nitrogens is 2. The first-order valence-corrected chi connectivity index (χ1v) is 8.25. The number of piperidine rings is 1. The topological polar surface area (TPSA) is 47.1 Å². The van der Waals surface area contributed by atoms with Crippen molar-refractivity contribution in [3.63, 3.8) is 0 Å². The van der Waals surface area contributed by atoms with E-state index >= 15 is 0 Å². The number of aryl methyl sites for hydroxylation is 1. The lowest BCUT2D eigenvalue weighted by Gasteiger charge is -2.26. The molecule has 2 aromatic rings. The maximum absolute atomic E-state index is 5.89. The number of anilines is 1. The molecule has 4 nitrogen and oxygen atoms in total. The van der Waals surface area contributed by atoms with Gasteiger partial charge in [-0.15, -0.1) is 0 Å². The van der Waals surface area contributed by atoms with Crippen LogP contribution in [-0.2, 0) is 13.0 Å². The lowest BCUT2D eigenvalue weighted by molar-refractivity contribution is 0.221. The summed E-state index contributed by atoms with van der Waals surface area (Å²) in [6.07, 6.45) is 6.26. The fraction of sp³-hybridized carbons (Fsp3) is 0.588. The Labute approximate surface area is 126 Å². The van der Waals surface area contributed by atoms with Crippen LogP contribution >= 0.6 is 0 Å². The fourth-order valence-corrected chi connectivity index (χ4v) is 3.29. The van der Waals surface area contributed by atoms with Gasteiger partial charge in [0, 0.05) is 25.2 Å². The maximum atomic E-state index is 5.89. The fourth-order valence-electron chi connectivity index (χ4n) is 3.29. The minimum atomic E-state index is 0.797. The molecule has 3 rings (SSSR count). The molecule has 2 heterocycles. The lowest BCUT2D eigenvalue weighted by atomic mass is 10.1. The van der Waals surface area contributed by atoms with E-state index in [-0.39, 0.29) is 0 Å². The van der Waals surface area contributed by atoms with Crippen LogP contribution in [0, 0.1) is 0 Å².